The Kier molecular flexibility index (Phi) is 4.46. The number of methoxy groups -OCH3 is 1. The van der Waals surface area contributed by atoms with Gasteiger partial charge in [0, 0.05) is 35.1 Å². The fourth-order valence-electron chi connectivity index (χ4n) is 5.68. The van der Waals surface area contributed by atoms with Gasteiger partial charge in [0.15, 0.2) is 0 Å². The van der Waals surface area contributed by atoms with Crippen LogP contribution in [0.25, 0.3) is 10.9 Å². The Morgan fingerprint density at radius 2 is 2.17 bits per heavy atom. The highest BCUT2D eigenvalue weighted by molar-refractivity contribution is 5.87. The number of H-pyrrole nitrogens is 1. The first-order chi connectivity index (χ1) is 14.5. The van der Waals surface area contributed by atoms with E-state index in [2.05, 4.69) is 54.9 Å². The van der Waals surface area contributed by atoms with Crippen molar-refractivity contribution < 1.29 is 9.53 Å². The Labute approximate surface area is 177 Å². The first-order valence-electron chi connectivity index (χ1n) is 10.7. The number of carbonyl (C=O) groups is 1. The van der Waals surface area contributed by atoms with Gasteiger partial charge in [0.25, 0.3) is 0 Å². The van der Waals surface area contributed by atoms with Crippen molar-refractivity contribution in [3.63, 3.8) is 0 Å². The van der Waals surface area contributed by atoms with Gasteiger partial charge in [-0.1, -0.05) is 30.8 Å². The second kappa shape index (κ2) is 7.05. The van der Waals surface area contributed by atoms with Crippen LogP contribution in [0.1, 0.15) is 28.8 Å². The number of aromatic amines is 1. The average molecular weight is 401 g/mol. The summed E-state index contributed by atoms with van der Waals surface area (Å²) >= 11 is 0. The van der Waals surface area contributed by atoms with Crippen molar-refractivity contribution in [2.24, 2.45) is 5.92 Å². The molecule has 4 nitrogen and oxygen atoms in total. The second-order valence-corrected chi connectivity index (χ2v) is 8.84. The Morgan fingerprint density at radius 3 is 2.97 bits per heavy atom. The summed E-state index contributed by atoms with van der Waals surface area (Å²) in [6, 6.07) is 15.2. The molecule has 1 aliphatic carbocycles. The van der Waals surface area contributed by atoms with Crippen molar-refractivity contribution >= 4 is 16.8 Å². The van der Waals surface area contributed by atoms with Crippen molar-refractivity contribution in [2.45, 2.75) is 31.6 Å². The van der Waals surface area contributed by atoms with Gasteiger partial charge in [-0.2, -0.15) is 0 Å². The largest absolute Gasteiger partial charge is 0.497 e. The van der Waals surface area contributed by atoms with E-state index in [1.165, 1.54) is 39.4 Å². The number of likely N-dealkylation sites (tertiary alicyclic amines) is 1. The molecule has 2 atom stereocenters. The topological polar surface area (TPSA) is 45.3 Å². The molecular weight excluding hydrogens is 372 g/mol. The number of amides is 1. The van der Waals surface area contributed by atoms with E-state index in [1.54, 1.807) is 7.11 Å². The molecule has 5 rings (SSSR count). The van der Waals surface area contributed by atoms with Crippen molar-refractivity contribution in [3.8, 4) is 5.75 Å². The fraction of sp³-hybridized carbons (Fsp3) is 0.346. The number of rotatable bonds is 3. The zero-order valence-corrected chi connectivity index (χ0v) is 17.7. The van der Waals surface area contributed by atoms with E-state index in [-0.39, 0.29) is 11.3 Å². The number of benzene rings is 2. The highest BCUT2D eigenvalue weighted by atomic mass is 16.5. The summed E-state index contributed by atoms with van der Waals surface area (Å²) in [6.45, 7) is 7.36. The molecule has 2 unspecified atom stereocenters. The lowest BCUT2D eigenvalue weighted by Crippen LogP contribution is -2.54. The Hall–Kier alpha value is -3.01. The summed E-state index contributed by atoms with van der Waals surface area (Å²) < 4.78 is 5.54. The molecule has 30 heavy (non-hydrogen) atoms. The van der Waals surface area contributed by atoms with Gasteiger partial charge in [0.1, 0.15) is 5.75 Å². The molecule has 0 spiro atoms. The average Bonchev–Trinajstić information content (AvgIpc) is 3.12. The summed E-state index contributed by atoms with van der Waals surface area (Å²) in [5.41, 5.74) is 6.56. The maximum absolute atomic E-state index is 12.4. The van der Waals surface area contributed by atoms with Crippen LogP contribution in [0.4, 0.5) is 0 Å². The van der Waals surface area contributed by atoms with Crippen LogP contribution in [0.2, 0.25) is 0 Å². The smallest absolute Gasteiger partial charge is 0.245 e. The van der Waals surface area contributed by atoms with Crippen LogP contribution in [0.15, 0.2) is 55.1 Å². The number of hydrogen-bond acceptors (Lipinski definition) is 2. The van der Waals surface area contributed by atoms with E-state index in [0.29, 0.717) is 5.92 Å². The van der Waals surface area contributed by atoms with E-state index < -0.39 is 0 Å². The number of carbonyl (C=O) groups excluding carboxylic acids is 1. The highest BCUT2D eigenvalue weighted by Crippen LogP contribution is 2.49. The molecule has 1 amide bonds. The Balaban J connectivity index is 1.64. The molecular formula is C26H28N2O2. The third kappa shape index (κ3) is 2.85. The van der Waals surface area contributed by atoms with Gasteiger partial charge in [-0.25, -0.2) is 0 Å². The highest BCUT2D eigenvalue weighted by Gasteiger charge is 2.48. The quantitative estimate of drug-likeness (QED) is 0.655. The van der Waals surface area contributed by atoms with Gasteiger partial charge in [-0.05, 0) is 73.1 Å². The van der Waals surface area contributed by atoms with Gasteiger partial charge in [0.2, 0.25) is 5.91 Å². The predicted molar refractivity (Wildman–Crippen MR) is 120 cm³/mol. The van der Waals surface area contributed by atoms with Crippen LogP contribution in [0.3, 0.4) is 0 Å². The number of aromatic nitrogens is 1. The molecule has 2 aromatic carbocycles. The number of hydrogen-bond donors (Lipinski definition) is 1. The molecule has 0 bridgehead atoms. The molecule has 1 fully saturated rings. The maximum Gasteiger partial charge on any atom is 0.245 e. The molecule has 4 heteroatoms. The number of ether oxygens (including phenoxy) is 1. The van der Waals surface area contributed by atoms with Crippen molar-refractivity contribution in [3.05, 3.63) is 77.5 Å². The zero-order chi connectivity index (χ0) is 20.9. The fourth-order valence-corrected chi connectivity index (χ4v) is 5.68. The van der Waals surface area contributed by atoms with Crippen LogP contribution >= 0.6 is 0 Å². The van der Waals surface area contributed by atoms with Crippen molar-refractivity contribution in [1.29, 1.82) is 0 Å². The third-order valence-electron chi connectivity index (χ3n) is 7.27. The van der Waals surface area contributed by atoms with Crippen molar-refractivity contribution in [1.82, 2.24) is 9.88 Å². The van der Waals surface area contributed by atoms with Crippen LogP contribution in [0.5, 0.6) is 5.75 Å². The summed E-state index contributed by atoms with van der Waals surface area (Å²) in [5, 5.41) is 1.32. The lowest BCUT2D eigenvalue weighted by Gasteiger charge is -2.51. The summed E-state index contributed by atoms with van der Waals surface area (Å²) in [7, 11) is 1.72. The third-order valence-corrected chi connectivity index (χ3v) is 7.27. The van der Waals surface area contributed by atoms with Gasteiger partial charge in [-0.15, -0.1) is 0 Å². The lowest BCUT2D eigenvalue weighted by atomic mass is 9.58. The van der Waals surface area contributed by atoms with Gasteiger partial charge < -0.3 is 14.6 Å². The van der Waals surface area contributed by atoms with E-state index >= 15 is 0 Å². The summed E-state index contributed by atoms with van der Waals surface area (Å²) in [4.78, 5) is 18.1. The Bertz CT molecular complexity index is 1150. The zero-order valence-electron chi connectivity index (χ0n) is 17.7. The lowest BCUT2D eigenvalue weighted by molar-refractivity contribution is -0.129. The molecule has 1 aromatic heterocycles. The van der Waals surface area contributed by atoms with Crippen molar-refractivity contribution in [2.75, 3.05) is 20.2 Å². The molecule has 0 saturated carbocycles. The number of nitrogens with one attached hydrogen (secondary N) is 1. The minimum atomic E-state index is -0.00455. The van der Waals surface area contributed by atoms with E-state index in [4.69, 9.17) is 4.74 Å². The summed E-state index contributed by atoms with van der Waals surface area (Å²) in [5.74, 6) is 1.29. The number of aryl methyl sites for hydroxylation is 1. The standard InChI is InChI=1S/C26H28N2O2/c1-4-25(29)28-11-10-26(18-6-5-7-20(13-18)30-3)15-24-22(14-19(26)16-28)21-9-8-17(2)12-23(21)27-24/h4-9,12-13,19,27H,1,10-11,14-16H2,2-3H3. The Morgan fingerprint density at radius 1 is 1.30 bits per heavy atom. The van der Waals surface area contributed by atoms with Crippen LogP contribution in [-0.2, 0) is 23.1 Å². The van der Waals surface area contributed by atoms with Crippen LogP contribution in [-0.4, -0.2) is 36.0 Å². The first-order valence-corrected chi connectivity index (χ1v) is 10.7. The molecule has 1 N–H and O–H groups in total. The van der Waals surface area contributed by atoms with Crippen LogP contribution < -0.4 is 4.74 Å². The molecule has 154 valence electrons. The molecule has 3 aromatic rings. The predicted octanol–water partition coefficient (Wildman–Crippen LogP) is 4.56. The molecule has 0 radical (unpaired) electrons. The number of fused-ring (bicyclic) bond motifs is 4. The minimum Gasteiger partial charge on any atom is -0.497 e. The first kappa shape index (κ1) is 19.0. The minimum absolute atomic E-state index is 0.00455. The monoisotopic (exact) mass is 400 g/mol. The van der Waals surface area contributed by atoms with Gasteiger partial charge in [0.05, 0.1) is 7.11 Å². The molecule has 2 aliphatic rings. The van der Waals surface area contributed by atoms with E-state index in [0.717, 1.165) is 38.1 Å². The normalized spacial score (nSPS) is 23.0. The van der Waals surface area contributed by atoms with E-state index in [9.17, 15) is 4.79 Å². The van der Waals surface area contributed by atoms with Gasteiger partial charge >= 0.3 is 0 Å². The van der Waals surface area contributed by atoms with Gasteiger partial charge in [-0.3, -0.25) is 4.79 Å². The maximum atomic E-state index is 12.4. The SMILES string of the molecule is C=CC(=O)N1CCC2(c3cccc(OC)c3)Cc3[nH]c4cc(C)ccc4c3CC2C1. The number of piperidine rings is 1. The van der Waals surface area contributed by atoms with Crippen LogP contribution in [0, 0.1) is 12.8 Å². The van der Waals surface area contributed by atoms with E-state index in [1.807, 2.05) is 11.0 Å². The number of nitrogens with zero attached hydrogens (tertiary/aromatic N) is 1. The molecule has 1 saturated heterocycles. The molecule has 2 heterocycles. The second-order valence-electron chi connectivity index (χ2n) is 8.84. The molecule has 1 aliphatic heterocycles. The summed E-state index contributed by atoms with van der Waals surface area (Å²) in [6.07, 6.45) is 4.32.